The van der Waals surface area contributed by atoms with Crippen molar-refractivity contribution in [2.75, 3.05) is 10.6 Å². The van der Waals surface area contributed by atoms with Crippen molar-refractivity contribution in [2.24, 2.45) is 5.92 Å². The van der Waals surface area contributed by atoms with E-state index in [1.807, 2.05) is 0 Å². The van der Waals surface area contributed by atoms with Crippen molar-refractivity contribution in [3.8, 4) is 11.8 Å². The van der Waals surface area contributed by atoms with Crippen molar-refractivity contribution in [1.29, 1.82) is 0 Å². The Morgan fingerprint density at radius 3 is 2.62 bits per heavy atom. The van der Waals surface area contributed by atoms with Crippen LogP contribution in [0.1, 0.15) is 46.8 Å². The van der Waals surface area contributed by atoms with Gasteiger partial charge in [-0.05, 0) is 36.1 Å². The van der Waals surface area contributed by atoms with Crippen molar-refractivity contribution in [1.82, 2.24) is 24.9 Å². The van der Waals surface area contributed by atoms with E-state index in [0.717, 1.165) is 6.42 Å². The number of carbonyl (C=O) groups excluding carboxylic acids is 2. The Morgan fingerprint density at radius 2 is 1.84 bits per heavy atom. The first-order chi connectivity index (χ1) is 15.5. The number of carbonyl (C=O) groups is 2. The highest BCUT2D eigenvalue weighted by atomic mass is 16.2. The number of anilines is 2. The molecule has 0 fully saturated rings. The molecule has 0 saturated heterocycles. The molecule has 4 rings (SSSR count). The molecule has 9 heteroatoms. The highest BCUT2D eigenvalue weighted by Crippen LogP contribution is 2.20. The van der Waals surface area contributed by atoms with Crippen molar-refractivity contribution in [3.05, 3.63) is 65.7 Å². The number of hydrogen-bond donors (Lipinski definition) is 4. The minimum Gasteiger partial charge on any atom is -0.331 e. The van der Waals surface area contributed by atoms with Gasteiger partial charge in [0.2, 0.25) is 11.9 Å². The summed E-state index contributed by atoms with van der Waals surface area (Å²) in [4.78, 5) is 43.8. The van der Waals surface area contributed by atoms with Gasteiger partial charge in [-0.1, -0.05) is 31.9 Å². The first-order valence-electron chi connectivity index (χ1n) is 10.1. The van der Waals surface area contributed by atoms with Gasteiger partial charge in [0, 0.05) is 18.8 Å². The summed E-state index contributed by atoms with van der Waals surface area (Å²) in [5.41, 5.74) is 2.12. The number of para-hydroxylation sites is 1. The fraction of sp³-hybridized carbons (Fsp3) is 0.174. The lowest BCUT2D eigenvalue weighted by Gasteiger charge is -2.02. The third kappa shape index (κ3) is 4.82. The number of amides is 2. The van der Waals surface area contributed by atoms with E-state index >= 15 is 0 Å². The quantitative estimate of drug-likeness (QED) is 0.362. The zero-order valence-corrected chi connectivity index (χ0v) is 17.6. The van der Waals surface area contributed by atoms with Gasteiger partial charge < -0.3 is 9.97 Å². The van der Waals surface area contributed by atoms with Crippen LogP contribution >= 0.6 is 0 Å². The zero-order chi connectivity index (χ0) is 22.5. The topological polar surface area (TPSA) is 128 Å². The van der Waals surface area contributed by atoms with Crippen LogP contribution in [0.25, 0.3) is 11.0 Å². The predicted octanol–water partition coefficient (Wildman–Crippen LogP) is 3.58. The molecule has 160 valence electrons. The number of hydrogen-bond acceptors (Lipinski definition) is 5. The maximum atomic E-state index is 12.7. The second-order valence-electron chi connectivity index (χ2n) is 7.44. The number of fused-ring (bicyclic) bond motifs is 1. The van der Waals surface area contributed by atoms with E-state index in [0.29, 0.717) is 34.2 Å². The van der Waals surface area contributed by atoms with Crippen molar-refractivity contribution >= 4 is 34.7 Å². The van der Waals surface area contributed by atoms with Crippen LogP contribution in [0.2, 0.25) is 0 Å². The van der Waals surface area contributed by atoms with Crippen LogP contribution < -0.4 is 10.6 Å². The number of imidazole rings is 2. The fourth-order valence-electron chi connectivity index (χ4n) is 2.93. The SMILES string of the molecule is CC(C)CC#Cc1cccc(C(=O)Nc2nc3c(C(=O)Nc4ncc[nH]4)cccc3[nH]2)n1. The summed E-state index contributed by atoms with van der Waals surface area (Å²) in [7, 11) is 0. The molecular weight excluding hydrogens is 406 g/mol. The monoisotopic (exact) mass is 427 g/mol. The molecule has 1 aromatic carbocycles. The molecule has 0 aliphatic carbocycles. The van der Waals surface area contributed by atoms with E-state index < -0.39 is 5.91 Å². The Morgan fingerprint density at radius 1 is 1.03 bits per heavy atom. The predicted molar refractivity (Wildman–Crippen MR) is 121 cm³/mol. The van der Waals surface area contributed by atoms with Gasteiger partial charge in [-0.15, -0.1) is 0 Å². The molecule has 0 aliphatic heterocycles. The third-order valence-electron chi connectivity index (χ3n) is 4.43. The molecule has 0 radical (unpaired) electrons. The number of rotatable bonds is 5. The summed E-state index contributed by atoms with van der Waals surface area (Å²) in [5.74, 6) is 6.24. The van der Waals surface area contributed by atoms with Gasteiger partial charge in [0.25, 0.3) is 11.8 Å². The van der Waals surface area contributed by atoms with Crippen molar-refractivity contribution in [3.63, 3.8) is 0 Å². The van der Waals surface area contributed by atoms with E-state index in [1.165, 1.54) is 6.20 Å². The van der Waals surface area contributed by atoms with Gasteiger partial charge >= 0.3 is 0 Å². The summed E-state index contributed by atoms with van der Waals surface area (Å²) in [6.07, 6.45) is 3.90. The average molecular weight is 427 g/mol. The van der Waals surface area contributed by atoms with Crippen LogP contribution in [0.3, 0.4) is 0 Å². The van der Waals surface area contributed by atoms with E-state index in [9.17, 15) is 9.59 Å². The van der Waals surface area contributed by atoms with Crippen LogP contribution in [0.5, 0.6) is 0 Å². The molecular formula is C23H21N7O2. The van der Waals surface area contributed by atoms with Crippen LogP contribution in [-0.2, 0) is 0 Å². The first kappa shape index (κ1) is 20.8. The number of nitrogens with zero attached hydrogens (tertiary/aromatic N) is 3. The summed E-state index contributed by atoms with van der Waals surface area (Å²) < 4.78 is 0. The molecule has 32 heavy (non-hydrogen) atoms. The highest BCUT2D eigenvalue weighted by molar-refractivity contribution is 6.11. The summed E-state index contributed by atoms with van der Waals surface area (Å²) in [6, 6.07) is 10.2. The van der Waals surface area contributed by atoms with E-state index in [1.54, 1.807) is 42.6 Å². The van der Waals surface area contributed by atoms with Gasteiger partial charge in [0.1, 0.15) is 16.9 Å². The lowest BCUT2D eigenvalue weighted by atomic mass is 10.1. The lowest BCUT2D eigenvalue weighted by Crippen LogP contribution is -2.15. The molecule has 0 spiro atoms. The molecule has 4 aromatic rings. The molecule has 3 aromatic heterocycles. The number of benzene rings is 1. The van der Waals surface area contributed by atoms with Crippen LogP contribution in [0.15, 0.2) is 48.8 Å². The summed E-state index contributed by atoms with van der Waals surface area (Å²) in [5, 5.41) is 5.36. The Bertz CT molecular complexity index is 1330. The second-order valence-corrected chi connectivity index (χ2v) is 7.44. The average Bonchev–Trinajstić information content (AvgIpc) is 3.42. The maximum Gasteiger partial charge on any atom is 0.276 e. The molecule has 0 bridgehead atoms. The lowest BCUT2D eigenvalue weighted by molar-refractivity contribution is 0.101. The zero-order valence-electron chi connectivity index (χ0n) is 17.6. The Labute approximate surface area is 184 Å². The number of H-pyrrole nitrogens is 2. The summed E-state index contributed by atoms with van der Waals surface area (Å²) in [6.45, 7) is 4.18. The van der Waals surface area contributed by atoms with Crippen LogP contribution in [-0.4, -0.2) is 36.7 Å². The highest BCUT2D eigenvalue weighted by Gasteiger charge is 2.16. The van der Waals surface area contributed by atoms with Crippen LogP contribution in [0, 0.1) is 17.8 Å². The minimum absolute atomic E-state index is 0.210. The molecule has 0 aliphatic rings. The van der Waals surface area contributed by atoms with Gasteiger partial charge in [-0.2, -0.15) is 0 Å². The van der Waals surface area contributed by atoms with Crippen LogP contribution in [0.4, 0.5) is 11.9 Å². The smallest absolute Gasteiger partial charge is 0.276 e. The first-order valence-corrected chi connectivity index (χ1v) is 10.1. The molecule has 0 saturated carbocycles. The van der Waals surface area contributed by atoms with Crippen molar-refractivity contribution in [2.45, 2.75) is 20.3 Å². The standard InChI is InChI=1S/C23H21N7O2/c1-14(2)6-3-7-15-8-4-11-18(26-15)21(32)30-23-27-17-10-5-9-16(19(17)28-23)20(31)29-22-24-12-13-25-22/h4-5,8-14H,6H2,1-2H3,(H2,24,25,29,31)(H2,27,28,30,32). The Balaban J connectivity index is 1.53. The molecule has 4 N–H and O–H groups in total. The molecule has 3 heterocycles. The van der Waals surface area contributed by atoms with Gasteiger partial charge in [0.05, 0.1) is 11.1 Å². The number of nitrogens with one attached hydrogen (secondary N) is 4. The number of aromatic amines is 2. The normalized spacial score (nSPS) is 10.6. The Kier molecular flexibility index (Phi) is 5.94. The van der Waals surface area contributed by atoms with E-state index in [2.05, 4.69) is 61.2 Å². The van der Waals surface area contributed by atoms with E-state index in [4.69, 9.17) is 0 Å². The van der Waals surface area contributed by atoms with Gasteiger partial charge in [-0.25, -0.2) is 15.0 Å². The molecule has 9 nitrogen and oxygen atoms in total. The maximum absolute atomic E-state index is 12.7. The third-order valence-corrected chi connectivity index (χ3v) is 4.43. The summed E-state index contributed by atoms with van der Waals surface area (Å²) >= 11 is 0. The number of aromatic nitrogens is 5. The van der Waals surface area contributed by atoms with Gasteiger partial charge in [-0.3, -0.25) is 20.2 Å². The molecule has 2 amide bonds. The molecule has 0 unspecified atom stereocenters. The largest absolute Gasteiger partial charge is 0.331 e. The molecule has 0 atom stereocenters. The fourth-order valence-corrected chi connectivity index (χ4v) is 2.93. The number of pyridine rings is 1. The minimum atomic E-state index is -0.432. The second kappa shape index (κ2) is 9.14. The Hall–Kier alpha value is -4.45. The van der Waals surface area contributed by atoms with Crippen molar-refractivity contribution < 1.29 is 9.59 Å². The van der Waals surface area contributed by atoms with Gasteiger partial charge in [0.15, 0.2) is 0 Å². The van der Waals surface area contributed by atoms with E-state index in [-0.39, 0.29) is 17.5 Å².